The lowest BCUT2D eigenvalue weighted by Gasteiger charge is -2.38. The van der Waals surface area contributed by atoms with Gasteiger partial charge in [0.2, 0.25) is 0 Å². The summed E-state index contributed by atoms with van der Waals surface area (Å²) in [6, 6.07) is 0.665. The Labute approximate surface area is 104 Å². The summed E-state index contributed by atoms with van der Waals surface area (Å²) in [4.78, 5) is 4.69. The van der Waals surface area contributed by atoms with Gasteiger partial charge in [-0.15, -0.1) is 0 Å². The van der Waals surface area contributed by atoms with Gasteiger partial charge in [0.1, 0.15) is 0 Å². The Morgan fingerprint density at radius 3 is 2.71 bits per heavy atom. The molecule has 0 amide bonds. The van der Waals surface area contributed by atoms with Crippen LogP contribution in [0.1, 0.15) is 6.42 Å². The first-order valence-corrected chi connectivity index (χ1v) is 8.11. The van der Waals surface area contributed by atoms with E-state index in [2.05, 4.69) is 29.2 Å². The maximum atomic E-state index is 11.3. The molecule has 2 saturated heterocycles. The summed E-state index contributed by atoms with van der Waals surface area (Å²) in [5.74, 6) is 0.671. The molecule has 0 aromatic carbocycles. The zero-order valence-corrected chi connectivity index (χ0v) is 11.5. The van der Waals surface area contributed by atoms with Crippen LogP contribution in [-0.4, -0.2) is 82.1 Å². The Kier molecular flexibility index (Phi) is 4.07. The van der Waals surface area contributed by atoms with Crippen LogP contribution in [0.25, 0.3) is 0 Å². The third-order valence-corrected chi connectivity index (χ3v) is 5.62. The molecule has 0 spiro atoms. The van der Waals surface area contributed by atoms with Gasteiger partial charge >= 0.3 is 0 Å². The lowest BCUT2D eigenvalue weighted by Crippen LogP contribution is -2.54. The predicted octanol–water partition coefficient (Wildman–Crippen LogP) is -0.991. The molecule has 6 heteroatoms. The van der Waals surface area contributed by atoms with E-state index in [4.69, 9.17) is 0 Å². The second-order valence-corrected chi connectivity index (χ2v) is 7.63. The standard InChI is InChI=1S/C11H23N3O2S/c1-13-4-5-14(2)11(8-13)7-12-10-3-6-17(15,16)9-10/h10-12H,3-9H2,1-2H3. The lowest BCUT2D eigenvalue weighted by molar-refractivity contribution is 0.112. The molecular formula is C11H23N3O2S. The van der Waals surface area contributed by atoms with E-state index in [0.29, 0.717) is 17.5 Å². The van der Waals surface area contributed by atoms with Crippen molar-refractivity contribution in [2.24, 2.45) is 0 Å². The van der Waals surface area contributed by atoms with Gasteiger partial charge in [0, 0.05) is 38.3 Å². The van der Waals surface area contributed by atoms with Crippen LogP contribution >= 0.6 is 0 Å². The topological polar surface area (TPSA) is 52.6 Å². The normalized spacial score (nSPS) is 35.2. The molecule has 2 aliphatic heterocycles. The first kappa shape index (κ1) is 13.3. The van der Waals surface area contributed by atoms with Gasteiger partial charge in [-0.2, -0.15) is 0 Å². The molecule has 5 nitrogen and oxygen atoms in total. The van der Waals surface area contributed by atoms with Gasteiger partial charge in [0.25, 0.3) is 0 Å². The fraction of sp³-hybridized carbons (Fsp3) is 1.00. The number of sulfone groups is 1. The fourth-order valence-corrected chi connectivity index (χ4v) is 4.29. The summed E-state index contributed by atoms with van der Waals surface area (Å²) in [5.41, 5.74) is 0. The van der Waals surface area contributed by atoms with Gasteiger partial charge in [-0.05, 0) is 20.5 Å². The maximum absolute atomic E-state index is 11.3. The van der Waals surface area contributed by atoms with Crippen molar-refractivity contribution in [3.8, 4) is 0 Å². The zero-order valence-electron chi connectivity index (χ0n) is 10.7. The SMILES string of the molecule is CN1CCN(C)C(CNC2CCS(=O)(=O)C2)C1. The lowest BCUT2D eigenvalue weighted by atomic mass is 10.1. The van der Waals surface area contributed by atoms with Crippen LogP contribution in [-0.2, 0) is 9.84 Å². The van der Waals surface area contributed by atoms with Crippen LogP contribution < -0.4 is 5.32 Å². The number of piperazine rings is 1. The number of nitrogens with zero attached hydrogens (tertiary/aromatic N) is 2. The Balaban J connectivity index is 1.78. The van der Waals surface area contributed by atoms with Crippen LogP contribution in [0.5, 0.6) is 0 Å². The second kappa shape index (κ2) is 5.22. The Bertz CT molecular complexity index is 358. The van der Waals surface area contributed by atoms with E-state index in [9.17, 15) is 8.42 Å². The van der Waals surface area contributed by atoms with E-state index in [1.807, 2.05) is 0 Å². The van der Waals surface area contributed by atoms with Crippen molar-refractivity contribution in [3.05, 3.63) is 0 Å². The average molecular weight is 261 g/mol. The first-order valence-electron chi connectivity index (χ1n) is 6.29. The molecule has 2 aliphatic rings. The van der Waals surface area contributed by atoms with Crippen molar-refractivity contribution in [2.75, 3.05) is 51.8 Å². The van der Waals surface area contributed by atoms with E-state index in [0.717, 1.165) is 32.6 Å². The van der Waals surface area contributed by atoms with E-state index in [1.54, 1.807) is 0 Å². The van der Waals surface area contributed by atoms with Crippen LogP contribution in [0.2, 0.25) is 0 Å². The van der Waals surface area contributed by atoms with Crippen molar-refractivity contribution in [1.82, 2.24) is 15.1 Å². The number of likely N-dealkylation sites (N-methyl/N-ethyl adjacent to an activating group) is 2. The minimum absolute atomic E-state index is 0.167. The molecule has 2 heterocycles. The summed E-state index contributed by atoms with van der Waals surface area (Å²) in [7, 11) is 1.52. The molecule has 2 unspecified atom stereocenters. The molecule has 2 fully saturated rings. The smallest absolute Gasteiger partial charge is 0.151 e. The number of hydrogen-bond donors (Lipinski definition) is 1. The van der Waals surface area contributed by atoms with Crippen molar-refractivity contribution < 1.29 is 8.42 Å². The molecule has 17 heavy (non-hydrogen) atoms. The monoisotopic (exact) mass is 261 g/mol. The molecule has 0 aromatic rings. The van der Waals surface area contributed by atoms with Crippen molar-refractivity contribution in [3.63, 3.8) is 0 Å². The number of hydrogen-bond acceptors (Lipinski definition) is 5. The second-order valence-electron chi connectivity index (χ2n) is 5.40. The van der Waals surface area contributed by atoms with Crippen molar-refractivity contribution in [1.29, 1.82) is 0 Å². The van der Waals surface area contributed by atoms with E-state index < -0.39 is 9.84 Å². The highest BCUT2D eigenvalue weighted by Gasteiger charge is 2.29. The molecule has 1 N–H and O–H groups in total. The maximum Gasteiger partial charge on any atom is 0.151 e. The Morgan fingerprint density at radius 1 is 1.29 bits per heavy atom. The highest BCUT2D eigenvalue weighted by molar-refractivity contribution is 7.91. The average Bonchev–Trinajstić information content (AvgIpc) is 2.60. The van der Waals surface area contributed by atoms with Gasteiger partial charge in [-0.3, -0.25) is 4.90 Å². The molecule has 100 valence electrons. The Morgan fingerprint density at radius 2 is 2.06 bits per heavy atom. The molecule has 0 bridgehead atoms. The van der Waals surface area contributed by atoms with Gasteiger partial charge in [0.05, 0.1) is 11.5 Å². The molecule has 0 aliphatic carbocycles. The summed E-state index contributed by atoms with van der Waals surface area (Å²) in [6.45, 7) is 4.15. The fourth-order valence-electron chi connectivity index (χ4n) is 2.58. The van der Waals surface area contributed by atoms with Gasteiger partial charge in [-0.1, -0.05) is 0 Å². The molecule has 2 atom stereocenters. The van der Waals surface area contributed by atoms with Gasteiger partial charge in [-0.25, -0.2) is 8.42 Å². The summed E-state index contributed by atoms with van der Waals surface area (Å²) in [5, 5.41) is 3.41. The minimum atomic E-state index is -2.76. The third kappa shape index (κ3) is 3.64. The highest BCUT2D eigenvalue weighted by Crippen LogP contribution is 2.12. The summed E-state index contributed by atoms with van der Waals surface area (Å²) < 4.78 is 22.7. The summed E-state index contributed by atoms with van der Waals surface area (Å²) >= 11 is 0. The van der Waals surface area contributed by atoms with Crippen LogP contribution in [0.15, 0.2) is 0 Å². The zero-order chi connectivity index (χ0) is 12.5. The first-order chi connectivity index (χ1) is 7.96. The van der Waals surface area contributed by atoms with Gasteiger partial charge in [0.15, 0.2) is 9.84 Å². The third-order valence-electron chi connectivity index (χ3n) is 3.85. The molecule has 0 radical (unpaired) electrons. The van der Waals surface area contributed by atoms with Crippen LogP contribution in [0.4, 0.5) is 0 Å². The highest BCUT2D eigenvalue weighted by atomic mass is 32.2. The van der Waals surface area contributed by atoms with Crippen molar-refractivity contribution in [2.45, 2.75) is 18.5 Å². The molecule has 0 aromatic heterocycles. The number of nitrogens with one attached hydrogen (secondary N) is 1. The molecule has 2 rings (SSSR count). The molecule has 0 saturated carbocycles. The summed E-state index contributed by atoms with van der Waals surface area (Å²) in [6.07, 6.45) is 0.772. The quantitative estimate of drug-likeness (QED) is 0.707. The Hall–Kier alpha value is -0.170. The van der Waals surface area contributed by atoms with E-state index >= 15 is 0 Å². The van der Waals surface area contributed by atoms with Gasteiger partial charge < -0.3 is 10.2 Å². The minimum Gasteiger partial charge on any atom is -0.311 e. The van der Waals surface area contributed by atoms with Crippen molar-refractivity contribution >= 4 is 9.84 Å². The van der Waals surface area contributed by atoms with Crippen LogP contribution in [0.3, 0.4) is 0 Å². The predicted molar refractivity (Wildman–Crippen MR) is 69.0 cm³/mol. The van der Waals surface area contributed by atoms with Crippen LogP contribution in [0, 0.1) is 0 Å². The number of rotatable bonds is 3. The van der Waals surface area contributed by atoms with E-state index in [-0.39, 0.29) is 6.04 Å². The largest absolute Gasteiger partial charge is 0.311 e. The molecular weight excluding hydrogens is 238 g/mol. The van der Waals surface area contributed by atoms with E-state index in [1.165, 1.54) is 0 Å².